The van der Waals surface area contributed by atoms with Gasteiger partial charge in [0, 0.05) is 4.47 Å². The Kier molecular flexibility index (Phi) is 5.11. The molecule has 0 heterocycles. The van der Waals surface area contributed by atoms with Gasteiger partial charge >= 0.3 is 0 Å². The molecule has 2 aromatic carbocycles. The lowest BCUT2D eigenvalue weighted by Crippen LogP contribution is -2.29. The molecule has 0 aliphatic heterocycles. The molecular formula is C15H16BrFN2O. The summed E-state index contributed by atoms with van der Waals surface area (Å²) in [7, 11) is 1.63. The van der Waals surface area contributed by atoms with Crippen LogP contribution >= 0.6 is 15.9 Å². The fraction of sp³-hybridized carbons (Fsp3) is 0.200. The number of nitrogens with two attached hydrogens (primary N) is 1. The second-order valence-corrected chi connectivity index (χ2v) is 5.35. The number of hydrogen-bond donors (Lipinski definition) is 2. The van der Waals surface area contributed by atoms with Gasteiger partial charge in [0.1, 0.15) is 11.6 Å². The zero-order valence-electron chi connectivity index (χ0n) is 11.1. The van der Waals surface area contributed by atoms with E-state index in [0.717, 1.165) is 16.9 Å². The second-order valence-electron chi connectivity index (χ2n) is 4.44. The monoisotopic (exact) mass is 338 g/mol. The van der Waals surface area contributed by atoms with Gasteiger partial charge in [0.2, 0.25) is 0 Å². The van der Waals surface area contributed by atoms with Crippen LogP contribution in [0.3, 0.4) is 0 Å². The van der Waals surface area contributed by atoms with Crippen molar-refractivity contribution in [3.8, 4) is 5.75 Å². The van der Waals surface area contributed by atoms with Crippen LogP contribution in [0, 0.1) is 5.82 Å². The lowest BCUT2D eigenvalue weighted by molar-refractivity contribution is 0.405. The van der Waals surface area contributed by atoms with Crippen molar-refractivity contribution in [1.29, 1.82) is 0 Å². The van der Waals surface area contributed by atoms with Crippen molar-refractivity contribution in [2.75, 3.05) is 7.11 Å². The molecule has 0 saturated heterocycles. The summed E-state index contributed by atoms with van der Waals surface area (Å²) in [5.41, 5.74) is 4.52. The molecule has 0 aromatic heterocycles. The van der Waals surface area contributed by atoms with Gasteiger partial charge in [-0.05, 0) is 41.8 Å². The summed E-state index contributed by atoms with van der Waals surface area (Å²) in [6.45, 7) is 0. The topological polar surface area (TPSA) is 47.3 Å². The number of rotatable bonds is 5. The first-order valence-corrected chi connectivity index (χ1v) is 6.97. The smallest absolute Gasteiger partial charge is 0.124 e. The van der Waals surface area contributed by atoms with E-state index in [9.17, 15) is 4.39 Å². The average molecular weight is 339 g/mol. The zero-order valence-corrected chi connectivity index (χ0v) is 12.7. The Labute approximate surface area is 126 Å². The first kappa shape index (κ1) is 15.0. The number of halogens is 2. The SMILES string of the molecule is COc1ccccc1CC(NN)c1cc(F)cc(Br)c1. The Balaban J connectivity index is 2.28. The summed E-state index contributed by atoms with van der Waals surface area (Å²) in [4.78, 5) is 0. The van der Waals surface area contributed by atoms with Crippen LogP contribution < -0.4 is 16.0 Å². The zero-order chi connectivity index (χ0) is 14.5. The molecule has 1 unspecified atom stereocenters. The molecule has 2 rings (SSSR count). The quantitative estimate of drug-likeness (QED) is 0.649. The average Bonchev–Trinajstić information content (AvgIpc) is 2.44. The number of hydrazine groups is 1. The maximum absolute atomic E-state index is 13.5. The Morgan fingerprint density at radius 3 is 2.70 bits per heavy atom. The van der Waals surface area contributed by atoms with E-state index in [1.54, 1.807) is 7.11 Å². The van der Waals surface area contributed by atoms with Gasteiger partial charge in [-0.3, -0.25) is 11.3 Å². The summed E-state index contributed by atoms with van der Waals surface area (Å²) in [5.74, 6) is 6.11. The van der Waals surface area contributed by atoms with Gasteiger partial charge in [-0.25, -0.2) is 4.39 Å². The summed E-state index contributed by atoms with van der Waals surface area (Å²) < 4.78 is 19.5. The summed E-state index contributed by atoms with van der Waals surface area (Å²) >= 11 is 3.29. The van der Waals surface area contributed by atoms with E-state index in [1.165, 1.54) is 12.1 Å². The minimum absolute atomic E-state index is 0.196. The molecule has 3 nitrogen and oxygen atoms in total. The maximum Gasteiger partial charge on any atom is 0.124 e. The van der Waals surface area contributed by atoms with Gasteiger partial charge < -0.3 is 4.74 Å². The normalized spacial score (nSPS) is 12.2. The molecule has 20 heavy (non-hydrogen) atoms. The number of methoxy groups -OCH3 is 1. The molecule has 0 amide bonds. The molecule has 3 N–H and O–H groups in total. The van der Waals surface area contributed by atoms with Gasteiger partial charge in [0.15, 0.2) is 0 Å². The first-order valence-electron chi connectivity index (χ1n) is 6.18. The van der Waals surface area contributed by atoms with Crippen LogP contribution in [0.1, 0.15) is 17.2 Å². The number of benzene rings is 2. The van der Waals surface area contributed by atoms with Gasteiger partial charge in [-0.1, -0.05) is 34.1 Å². The van der Waals surface area contributed by atoms with Crippen molar-refractivity contribution in [3.63, 3.8) is 0 Å². The Bertz CT molecular complexity index is 572. The standard InChI is InChI=1S/C15H16BrFN2O/c1-20-15-5-3-2-4-10(15)8-14(19-18)11-6-12(16)9-13(17)7-11/h2-7,9,14,19H,8,18H2,1H3. The van der Waals surface area contributed by atoms with E-state index >= 15 is 0 Å². The van der Waals surface area contributed by atoms with E-state index in [2.05, 4.69) is 21.4 Å². The van der Waals surface area contributed by atoms with Gasteiger partial charge in [-0.2, -0.15) is 0 Å². The first-order chi connectivity index (χ1) is 9.63. The van der Waals surface area contributed by atoms with E-state index in [4.69, 9.17) is 10.6 Å². The van der Waals surface area contributed by atoms with E-state index in [0.29, 0.717) is 10.9 Å². The molecule has 0 saturated carbocycles. The highest BCUT2D eigenvalue weighted by Gasteiger charge is 2.14. The molecule has 0 aliphatic rings. The summed E-state index contributed by atoms with van der Waals surface area (Å²) in [6, 6.07) is 12.3. The lowest BCUT2D eigenvalue weighted by Gasteiger charge is -2.18. The highest BCUT2D eigenvalue weighted by atomic mass is 79.9. The van der Waals surface area contributed by atoms with Crippen molar-refractivity contribution in [2.24, 2.45) is 5.84 Å². The van der Waals surface area contributed by atoms with Crippen LogP contribution in [0.25, 0.3) is 0 Å². The van der Waals surface area contributed by atoms with Crippen molar-refractivity contribution < 1.29 is 9.13 Å². The molecular weight excluding hydrogens is 323 g/mol. The van der Waals surface area contributed by atoms with Crippen molar-refractivity contribution in [2.45, 2.75) is 12.5 Å². The van der Waals surface area contributed by atoms with Gasteiger partial charge in [0.05, 0.1) is 13.2 Å². The molecule has 2 aromatic rings. The van der Waals surface area contributed by atoms with Crippen molar-refractivity contribution in [3.05, 3.63) is 63.9 Å². The van der Waals surface area contributed by atoms with E-state index in [-0.39, 0.29) is 11.9 Å². The predicted octanol–water partition coefficient (Wildman–Crippen LogP) is 3.34. The summed E-state index contributed by atoms with van der Waals surface area (Å²) in [5, 5.41) is 0. The highest BCUT2D eigenvalue weighted by molar-refractivity contribution is 9.10. The maximum atomic E-state index is 13.5. The number of hydrogen-bond acceptors (Lipinski definition) is 3. The van der Waals surface area contributed by atoms with E-state index in [1.807, 2.05) is 30.3 Å². The fourth-order valence-electron chi connectivity index (χ4n) is 2.14. The Morgan fingerprint density at radius 2 is 2.05 bits per heavy atom. The van der Waals surface area contributed by atoms with Crippen LogP contribution in [0.4, 0.5) is 4.39 Å². The van der Waals surface area contributed by atoms with Crippen LogP contribution in [-0.2, 0) is 6.42 Å². The van der Waals surface area contributed by atoms with Crippen LogP contribution in [0.2, 0.25) is 0 Å². The highest BCUT2D eigenvalue weighted by Crippen LogP contribution is 2.26. The third kappa shape index (κ3) is 3.56. The molecule has 0 aliphatic carbocycles. The van der Waals surface area contributed by atoms with Crippen molar-refractivity contribution >= 4 is 15.9 Å². The molecule has 0 bridgehead atoms. The van der Waals surface area contributed by atoms with Crippen molar-refractivity contribution in [1.82, 2.24) is 5.43 Å². The number of para-hydroxylation sites is 1. The van der Waals surface area contributed by atoms with Gasteiger partial charge in [-0.15, -0.1) is 0 Å². The number of ether oxygens (including phenoxy) is 1. The van der Waals surface area contributed by atoms with Crippen LogP contribution in [0.5, 0.6) is 5.75 Å². The minimum Gasteiger partial charge on any atom is -0.496 e. The molecule has 5 heteroatoms. The van der Waals surface area contributed by atoms with Gasteiger partial charge in [0.25, 0.3) is 0 Å². The Morgan fingerprint density at radius 1 is 1.30 bits per heavy atom. The fourth-order valence-corrected chi connectivity index (χ4v) is 2.62. The summed E-state index contributed by atoms with van der Waals surface area (Å²) in [6.07, 6.45) is 0.608. The second kappa shape index (κ2) is 6.83. The van der Waals surface area contributed by atoms with Crippen LogP contribution in [-0.4, -0.2) is 7.11 Å². The lowest BCUT2D eigenvalue weighted by atomic mass is 9.98. The molecule has 0 spiro atoms. The molecule has 1 atom stereocenters. The molecule has 106 valence electrons. The predicted molar refractivity (Wildman–Crippen MR) is 80.9 cm³/mol. The van der Waals surface area contributed by atoms with E-state index < -0.39 is 0 Å². The Hall–Kier alpha value is -1.43. The minimum atomic E-state index is -0.297. The number of nitrogens with one attached hydrogen (secondary N) is 1. The third-order valence-electron chi connectivity index (χ3n) is 3.10. The third-order valence-corrected chi connectivity index (χ3v) is 3.56. The molecule has 0 radical (unpaired) electrons. The largest absolute Gasteiger partial charge is 0.496 e. The molecule has 0 fully saturated rings. The van der Waals surface area contributed by atoms with Crippen LogP contribution in [0.15, 0.2) is 46.9 Å².